The van der Waals surface area contributed by atoms with Gasteiger partial charge in [-0.05, 0) is 71.1 Å². The van der Waals surface area contributed by atoms with Gasteiger partial charge in [0.05, 0.1) is 11.8 Å². The molecule has 11 nitrogen and oxygen atoms in total. The smallest absolute Gasteiger partial charge is 0.240 e. The Morgan fingerprint density at radius 1 is 0.736 bits per heavy atom. The van der Waals surface area contributed by atoms with Gasteiger partial charge >= 0.3 is 0 Å². The van der Waals surface area contributed by atoms with E-state index in [4.69, 9.17) is 0 Å². The Morgan fingerprint density at radius 2 is 1.32 bits per heavy atom. The van der Waals surface area contributed by atoms with Gasteiger partial charge in [0.25, 0.3) is 0 Å². The van der Waals surface area contributed by atoms with Crippen molar-refractivity contribution >= 4 is 52.8 Å². The number of hydrogen-bond acceptors (Lipinski definition) is 10. The number of para-hydroxylation sites is 1. The Morgan fingerprint density at radius 3 is 1.96 bits per heavy atom. The van der Waals surface area contributed by atoms with Crippen LogP contribution in [0.2, 0.25) is 0 Å². The van der Waals surface area contributed by atoms with Crippen LogP contribution in [0.3, 0.4) is 0 Å². The molecule has 0 bridgehead atoms. The number of sulfone groups is 2. The number of pyridine rings is 2. The highest BCUT2D eigenvalue weighted by Gasteiger charge is 2.31. The van der Waals surface area contributed by atoms with E-state index in [-0.39, 0.29) is 33.7 Å². The number of fused-ring (bicyclic) bond motifs is 2. The van der Waals surface area contributed by atoms with Crippen LogP contribution in [0.4, 0.5) is 5.69 Å². The number of nitrogens with zero attached hydrogens (tertiary/aromatic N) is 4. The molecule has 13 heteroatoms. The van der Waals surface area contributed by atoms with Crippen molar-refractivity contribution in [2.45, 2.75) is 35.2 Å². The highest BCUT2D eigenvalue weighted by molar-refractivity contribution is 7.91. The lowest BCUT2D eigenvalue weighted by Gasteiger charge is -2.38. The SMILES string of the molecule is Cc1ccccc1N1CCN(C(=O)C(Cc2ccc(O)cc2CS(=O)(=O)c2nccc3ccccc23)NCS(=O)(=O)c2nccc3ccccc23)CC1. The van der Waals surface area contributed by atoms with Crippen LogP contribution < -0.4 is 10.2 Å². The van der Waals surface area contributed by atoms with Crippen LogP contribution in [0.25, 0.3) is 21.5 Å². The van der Waals surface area contributed by atoms with E-state index in [9.17, 15) is 26.7 Å². The number of benzene rings is 4. The van der Waals surface area contributed by atoms with E-state index < -0.39 is 37.3 Å². The van der Waals surface area contributed by atoms with Crippen molar-refractivity contribution in [3.8, 4) is 5.75 Å². The summed E-state index contributed by atoms with van der Waals surface area (Å²) in [7, 11) is -8.07. The van der Waals surface area contributed by atoms with Gasteiger partial charge in [-0.15, -0.1) is 0 Å². The monoisotopic (exact) mass is 749 g/mol. The standard InChI is InChI=1S/C40H39N5O6S2/c1-28-8-2-7-13-37(28)44-20-22-45(23-21-44)40(47)36(43-27-53(50,51)39-35-12-6-4-10-30(35)17-19-42-39)25-31-14-15-33(46)24-32(31)26-52(48,49)38-34-11-5-3-9-29(34)16-18-41-38/h2-19,24,36,43,46H,20-23,25-27H2,1H3. The van der Waals surface area contributed by atoms with Gasteiger partial charge in [0.2, 0.25) is 15.7 Å². The summed E-state index contributed by atoms with van der Waals surface area (Å²) in [5.41, 5.74) is 2.98. The normalized spacial score (nSPS) is 14.4. The molecule has 1 amide bonds. The predicted molar refractivity (Wildman–Crippen MR) is 205 cm³/mol. The quantitative estimate of drug-likeness (QED) is 0.184. The fourth-order valence-electron chi connectivity index (χ4n) is 6.95. The molecule has 1 aliphatic heterocycles. The topological polar surface area (TPSA) is 150 Å². The molecule has 2 aromatic heterocycles. The molecule has 3 heterocycles. The van der Waals surface area contributed by atoms with Crippen molar-refractivity contribution in [3.63, 3.8) is 0 Å². The average molecular weight is 750 g/mol. The number of nitrogens with one attached hydrogen (secondary N) is 1. The number of aryl methyl sites for hydroxylation is 1. The Hall–Kier alpha value is -5.37. The first-order chi connectivity index (χ1) is 25.5. The molecule has 0 aliphatic carbocycles. The first kappa shape index (κ1) is 36.0. The first-order valence-corrected chi connectivity index (χ1v) is 20.6. The Balaban J connectivity index is 1.18. The molecule has 1 saturated heterocycles. The second kappa shape index (κ2) is 14.9. The summed E-state index contributed by atoms with van der Waals surface area (Å²) in [6, 6.07) is 29.0. The number of aromatic hydroxyl groups is 1. The van der Waals surface area contributed by atoms with Crippen LogP contribution in [0.1, 0.15) is 16.7 Å². The van der Waals surface area contributed by atoms with Gasteiger partial charge in [-0.3, -0.25) is 10.1 Å². The second-order valence-electron chi connectivity index (χ2n) is 13.2. The van der Waals surface area contributed by atoms with E-state index in [1.807, 2.05) is 37.3 Å². The summed E-state index contributed by atoms with van der Waals surface area (Å²) < 4.78 is 55.5. The molecule has 0 saturated carbocycles. The van der Waals surface area contributed by atoms with Crippen LogP contribution in [-0.4, -0.2) is 80.8 Å². The predicted octanol–water partition coefficient (Wildman–Crippen LogP) is 5.05. The minimum Gasteiger partial charge on any atom is -0.508 e. The molecule has 1 fully saturated rings. The number of amides is 1. The second-order valence-corrected chi connectivity index (χ2v) is 17.0. The van der Waals surface area contributed by atoms with E-state index in [2.05, 4.69) is 26.3 Å². The minimum atomic E-state index is -4.04. The van der Waals surface area contributed by atoms with Crippen LogP contribution in [0.5, 0.6) is 5.75 Å². The number of phenols is 1. The molecule has 2 N–H and O–H groups in total. The van der Waals surface area contributed by atoms with Gasteiger partial charge in [0.15, 0.2) is 19.9 Å². The third-order valence-electron chi connectivity index (χ3n) is 9.69. The van der Waals surface area contributed by atoms with Crippen molar-refractivity contribution in [2.24, 2.45) is 0 Å². The van der Waals surface area contributed by atoms with E-state index in [1.54, 1.807) is 59.5 Å². The first-order valence-electron chi connectivity index (χ1n) is 17.3. The van der Waals surface area contributed by atoms with Gasteiger partial charge in [-0.1, -0.05) is 72.8 Å². The van der Waals surface area contributed by atoms with Crippen molar-refractivity contribution in [3.05, 3.63) is 132 Å². The number of carbonyl (C=O) groups is 1. The number of phenolic OH excluding ortho intramolecular Hbond substituents is 1. The highest BCUT2D eigenvalue weighted by atomic mass is 32.2. The molecule has 0 radical (unpaired) electrons. The Bertz CT molecular complexity index is 2530. The van der Waals surface area contributed by atoms with Crippen molar-refractivity contribution in [2.75, 3.05) is 37.0 Å². The van der Waals surface area contributed by atoms with Gasteiger partial charge in [0.1, 0.15) is 11.6 Å². The fraction of sp³-hybridized carbons (Fsp3) is 0.225. The van der Waals surface area contributed by atoms with Crippen LogP contribution in [0, 0.1) is 6.92 Å². The molecule has 7 rings (SSSR count). The van der Waals surface area contributed by atoms with E-state index in [0.29, 0.717) is 42.5 Å². The lowest BCUT2D eigenvalue weighted by molar-refractivity contribution is -0.133. The van der Waals surface area contributed by atoms with Crippen molar-refractivity contribution in [1.82, 2.24) is 20.2 Å². The van der Waals surface area contributed by atoms with Gasteiger partial charge in [-0.2, -0.15) is 0 Å². The van der Waals surface area contributed by atoms with E-state index in [0.717, 1.165) is 22.0 Å². The summed E-state index contributed by atoms with van der Waals surface area (Å²) in [5, 5.41) is 15.7. The van der Waals surface area contributed by atoms with Crippen LogP contribution in [0.15, 0.2) is 126 Å². The number of piperazine rings is 1. The number of rotatable bonds is 11. The molecule has 0 spiro atoms. The maximum atomic E-state index is 14.4. The third kappa shape index (κ3) is 7.73. The van der Waals surface area contributed by atoms with Gasteiger partial charge < -0.3 is 14.9 Å². The molecule has 1 atom stereocenters. The highest BCUT2D eigenvalue weighted by Crippen LogP contribution is 2.28. The van der Waals surface area contributed by atoms with Crippen LogP contribution in [-0.2, 0) is 36.6 Å². The minimum absolute atomic E-state index is 0.0383. The summed E-state index contributed by atoms with van der Waals surface area (Å²) >= 11 is 0. The molecule has 6 aromatic rings. The zero-order chi connectivity index (χ0) is 37.2. The summed E-state index contributed by atoms with van der Waals surface area (Å²) in [4.78, 5) is 26.7. The molecule has 1 unspecified atom stereocenters. The fourth-order valence-corrected chi connectivity index (χ4v) is 9.81. The zero-order valence-corrected chi connectivity index (χ0v) is 30.7. The zero-order valence-electron chi connectivity index (χ0n) is 29.1. The number of hydrogen-bond donors (Lipinski definition) is 2. The number of carbonyl (C=O) groups excluding carboxylic acids is 1. The van der Waals surface area contributed by atoms with E-state index >= 15 is 0 Å². The van der Waals surface area contributed by atoms with Crippen molar-refractivity contribution < 1.29 is 26.7 Å². The molecule has 4 aromatic carbocycles. The maximum Gasteiger partial charge on any atom is 0.240 e. The summed E-state index contributed by atoms with van der Waals surface area (Å²) in [5.74, 6) is -1.53. The molecular formula is C40H39N5O6S2. The van der Waals surface area contributed by atoms with Gasteiger partial charge in [-0.25, -0.2) is 26.8 Å². The van der Waals surface area contributed by atoms with Crippen molar-refractivity contribution in [1.29, 1.82) is 0 Å². The average Bonchev–Trinajstić information content (AvgIpc) is 3.16. The lowest BCUT2D eigenvalue weighted by atomic mass is 9.99. The number of anilines is 1. The molecule has 1 aliphatic rings. The summed E-state index contributed by atoms with van der Waals surface area (Å²) in [6.07, 6.45) is 2.85. The molecule has 53 heavy (non-hydrogen) atoms. The Labute approximate surface area is 308 Å². The number of aromatic nitrogens is 2. The largest absolute Gasteiger partial charge is 0.508 e. The molecular weight excluding hydrogens is 711 g/mol. The Kier molecular flexibility index (Phi) is 10.1. The molecule has 272 valence electrons. The third-order valence-corrected chi connectivity index (χ3v) is 12.8. The van der Waals surface area contributed by atoms with Gasteiger partial charge in [0, 0.05) is 55.0 Å². The summed E-state index contributed by atoms with van der Waals surface area (Å²) in [6.45, 7) is 4.04. The van der Waals surface area contributed by atoms with Crippen LogP contribution >= 0.6 is 0 Å². The lowest BCUT2D eigenvalue weighted by Crippen LogP contribution is -2.55. The van der Waals surface area contributed by atoms with E-state index in [1.165, 1.54) is 24.5 Å². The maximum absolute atomic E-state index is 14.4.